The lowest BCUT2D eigenvalue weighted by Gasteiger charge is -2.19. The van der Waals surface area contributed by atoms with Crippen molar-refractivity contribution in [1.29, 1.82) is 0 Å². The zero-order valence-electron chi connectivity index (χ0n) is 8.69. The van der Waals surface area contributed by atoms with E-state index in [0.29, 0.717) is 11.0 Å². The van der Waals surface area contributed by atoms with Gasteiger partial charge in [0.25, 0.3) is 11.7 Å². The summed E-state index contributed by atoms with van der Waals surface area (Å²) in [6.45, 7) is 0.0726. The molecular formula is C11H9BrClNO3. The average molecular weight is 319 g/mol. The highest BCUT2D eigenvalue weighted by Crippen LogP contribution is 2.34. The van der Waals surface area contributed by atoms with Crippen LogP contribution in [0.15, 0.2) is 18.2 Å². The first-order valence-electron chi connectivity index (χ1n) is 4.95. The summed E-state index contributed by atoms with van der Waals surface area (Å²) >= 11 is 9.01. The molecule has 17 heavy (non-hydrogen) atoms. The molecule has 1 atom stereocenters. The number of amides is 1. The van der Waals surface area contributed by atoms with Crippen LogP contribution in [0.3, 0.4) is 0 Å². The number of hydrogen-bond acceptors (Lipinski definition) is 3. The number of hydrogen-bond donors (Lipinski definition) is 1. The highest BCUT2D eigenvalue weighted by molar-refractivity contribution is 9.09. The number of benzene rings is 1. The first kappa shape index (κ1) is 12.5. The van der Waals surface area contributed by atoms with Crippen LogP contribution in [0.5, 0.6) is 0 Å². The molecule has 6 heteroatoms. The number of aliphatic hydroxyl groups is 1. The first-order chi connectivity index (χ1) is 8.06. The number of halogens is 2. The number of alkyl halides is 1. The van der Waals surface area contributed by atoms with Gasteiger partial charge in [-0.05, 0) is 12.1 Å². The molecular weight excluding hydrogens is 309 g/mol. The van der Waals surface area contributed by atoms with Crippen LogP contribution < -0.4 is 4.90 Å². The number of fused-ring (bicyclic) bond motifs is 1. The summed E-state index contributed by atoms with van der Waals surface area (Å²) in [5, 5.41) is 10.1. The molecule has 0 aliphatic carbocycles. The predicted octanol–water partition coefficient (Wildman–Crippen LogP) is 1.63. The molecule has 0 bridgehead atoms. The van der Waals surface area contributed by atoms with Crippen LogP contribution in [-0.2, 0) is 4.79 Å². The van der Waals surface area contributed by atoms with Crippen molar-refractivity contribution in [2.45, 2.75) is 6.10 Å². The normalized spacial score (nSPS) is 16.3. The number of rotatable bonds is 3. The molecule has 1 N–H and O–H groups in total. The van der Waals surface area contributed by atoms with E-state index in [0.717, 1.165) is 0 Å². The van der Waals surface area contributed by atoms with Crippen molar-refractivity contribution in [3.8, 4) is 0 Å². The molecule has 0 saturated carbocycles. The number of ketones is 1. The molecule has 1 heterocycles. The summed E-state index contributed by atoms with van der Waals surface area (Å²) in [4.78, 5) is 24.7. The maximum absolute atomic E-state index is 11.8. The smallest absolute Gasteiger partial charge is 0.299 e. The Bertz CT molecular complexity index is 492. The zero-order valence-corrected chi connectivity index (χ0v) is 11.0. The molecule has 0 fully saturated rings. The number of aliphatic hydroxyl groups excluding tert-OH is 1. The fourth-order valence-corrected chi connectivity index (χ4v) is 2.20. The second-order valence-corrected chi connectivity index (χ2v) is 4.74. The summed E-state index contributed by atoms with van der Waals surface area (Å²) in [7, 11) is 0. The van der Waals surface area contributed by atoms with Gasteiger partial charge in [-0.15, -0.1) is 0 Å². The van der Waals surface area contributed by atoms with Crippen molar-refractivity contribution >= 4 is 44.9 Å². The Balaban J connectivity index is 2.42. The third-order valence-electron chi connectivity index (χ3n) is 2.52. The fourth-order valence-electron chi connectivity index (χ4n) is 1.74. The number of carbonyl (C=O) groups is 2. The van der Waals surface area contributed by atoms with E-state index in [1.807, 2.05) is 0 Å². The summed E-state index contributed by atoms with van der Waals surface area (Å²) < 4.78 is 0. The largest absolute Gasteiger partial charge is 0.390 e. The Morgan fingerprint density at radius 3 is 2.76 bits per heavy atom. The van der Waals surface area contributed by atoms with Gasteiger partial charge in [0.05, 0.1) is 28.9 Å². The van der Waals surface area contributed by atoms with Crippen molar-refractivity contribution in [2.24, 2.45) is 0 Å². The molecule has 1 aliphatic heterocycles. The third kappa shape index (κ3) is 2.10. The van der Waals surface area contributed by atoms with Crippen LogP contribution in [0, 0.1) is 0 Å². The molecule has 0 spiro atoms. The van der Waals surface area contributed by atoms with E-state index in [1.165, 1.54) is 4.90 Å². The van der Waals surface area contributed by atoms with Crippen LogP contribution in [-0.4, -0.2) is 34.8 Å². The van der Waals surface area contributed by atoms with Crippen molar-refractivity contribution < 1.29 is 14.7 Å². The molecule has 1 unspecified atom stereocenters. The van der Waals surface area contributed by atoms with Gasteiger partial charge in [-0.3, -0.25) is 9.59 Å². The summed E-state index contributed by atoms with van der Waals surface area (Å²) in [6.07, 6.45) is -0.725. The summed E-state index contributed by atoms with van der Waals surface area (Å²) in [5.74, 6) is -1.26. The van der Waals surface area contributed by atoms with E-state index < -0.39 is 17.8 Å². The molecule has 1 amide bonds. The summed E-state index contributed by atoms with van der Waals surface area (Å²) in [5.41, 5.74) is 0.688. The quantitative estimate of drug-likeness (QED) is 0.681. The Hall–Kier alpha value is -0.910. The lowest BCUT2D eigenvalue weighted by molar-refractivity contribution is -0.114. The third-order valence-corrected chi connectivity index (χ3v) is 3.58. The number of carbonyl (C=O) groups excluding carboxylic acids is 2. The lowest BCUT2D eigenvalue weighted by atomic mass is 10.1. The fraction of sp³-hybridized carbons (Fsp3) is 0.273. The van der Waals surface area contributed by atoms with Gasteiger partial charge in [0.2, 0.25) is 0 Å². The van der Waals surface area contributed by atoms with E-state index in [9.17, 15) is 14.7 Å². The minimum Gasteiger partial charge on any atom is -0.390 e. The van der Waals surface area contributed by atoms with Gasteiger partial charge in [-0.1, -0.05) is 33.6 Å². The minimum absolute atomic E-state index is 0.0726. The van der Waals surface area contributed by atoms with Gasteiger partial charge in [-0.2, -0.15) is 0 Å². The lowest BCUT2D eigenvalue weighted by Crippen LogP contribution is -2.37. The standard InChI is InChI=1S/C11H9BrClNO3/c12-4-6(15)5-14-8-3-1-2-7(13)9(8)10(16)11(14)17/h1-3,6,15H,4-5H2. The van der Waals surface area contributed by atoms with Crippen molar-refractivity contribution in [3.63, 3.8) is 0 Å². The van der Waals surface area contributed by atoms with Crippen LogP contribution in [0.4, 0.5) is 5.69 Å². The van der Waals surface area contributed by atoms with Gasteiger partial charge in [0.15, 0.2) is 0 Å². The maximum Gasteiger partial charge on any atom is 0.299 e. The number of Topliss-reactive ketones (excluding diaryl/α,β-unsaturated/α-hetero) is 1. The SMILES string of the molecule is O=C1C(=O)N(CC(O)CBr)c2cccc(Cl)c21. The van der Waals surface area contributed by atoms with Gasteiger partial charge < -0.3 is 10.0 Å². The molecule has 0 aromatic heterocycles. The van der Waals surface area contributed by atoms with Gasteiger partial charge >= 0.3 is 0 Å². The van der Waals surface area contributed by atoms with Crippen molar-refractivity contribution in [3.05, 3.63) is 28.8 Å². The Morgan fingerprint density at radius 1 is 1.41 bits per heavy atom. The molecule has 1 aromatic carbocycles. The van der Waals surface area contributed by atoms with Gasteiger partial charge in [0.1, 0.15) is 0 Å². The molecule has 90 valence electrons. The molecule has 1 aliphatic rings. The maximum atomic E-state index is 11.8. The zero-order chi connectivity index (χ0) is 12.6. The van der Waals surface area contributed by atoms with Crippen molar-refractivity contribution in [2.75, 3.05) is 16.8 Å². The van der Waals surface area contributed by atoms with E-state index in [1.54, 1.807) is 18.2 Å². The second-order valence-electron chi connectivity index (χ2n) is 3.69. The minimum atomic E-state index is -0.725. The molecule has 0 saturated heterocycles. The number of β-amino-alcohol motifs (C(OH)–C–C–N with tert-alkyl or cyclic N) is 1. The highest BCUT2D eigenvalue weighted by atomic mass is 79.9. The van der Waals surface area contributed by atoms with Gasteiger partial charge in [0, 0.05) is 5.33 Å². The van der Waals surface area contributed by atoms with E-state index >= 15 is 0 Å². The van der Waals surface area contributed by atoms with E-state index in [4.69, 9.17) is 11.6 Å². The average Bonchev–Trinajstić information content (AvgIpc) is 2.55. The van der Waals surface area contributed by atoms with E-state index in [2.05, 4.69) is 15.9 Å². The van der Waals surface area contributed by atoms with Crippen molar-refractivity contribution in [1.82, 2.24) is 0 Å². The number of anilines is 1. The van der Waals surface area contributed by atoms with Crippen LogP contribution >= 0.6 is 27.5 Å². The highest BCUT2D eigenvalue weighted by Gasteiger charge is 2.37. The molecule has 1 aromatic rings. The van der Waals surface area contributed by atoms with Crippen LogP contribution in [0.2, 0.25) is 5.02 Å². The second kappa shape index (κ2) is 4.76. The molecule has 2 rings (SSSR count). The van der Waals surface area contributed by atoms with Crippen LogP contribution in [0.1, 0.15) is 10.4 Å². The predicted molar refractivity (Wildman–Crippen MR) is 67.9 cm³/mol. The summed E-state index contributed by atoms with van der Waals surface area (Å²) in [6, 6.07) is 4.88. The molecule has 4 nitrogen and oxygen atoms in total. The van der Waals surface area contributed by atoms with Crippen LogP contribution in [0.25, 0.3) is 0 Å². The number of nitrogens with zero attached hydrogens (tertiary/aromatic N) is 1. The Morgan fingerprint density at radius 2 is 2.12 bits per heavy atom. The topological polar surface area (TPSA) is 57.6 Å². The molecule has 0 radical (unpaired) electrons. The van der Waals surface area contributed by atoms with E-state index in [-0.39, 0.29) is 17.1 Å². The monoisotopic (exact) mass is 317 g/mol. The van der Waals surface area contributed by atoms with Gasteiger partial charge in [-0.25, -0.2) is 0 Å². The Labute approximate surface area is 111 Å². The first-order valence-corrected chi connectivity index (χ1v) is 6.45. The Kier molecular flexibility index (Phi) is 3.51.